The number of rotatable bonds is 5. The maximum atomic E-state index is 8.77. The molecule has 1 rings (SSSR count). The van der Waals surface area contributed by atoms with Crippen LogP contribution in [-0.4, -0.2) is 5.21 Å². The molecule has 0 radical (unpaired) electrons. The zero-order valence-electron chi connectivity index (χ0n) is 9.01. The fourth-order valence-corrected chi connectivity index (χ4v) is 1.58. The molecule has 0 heterocycles. The summed E-state index contributed by atoms with van der Waals surface area (Å²) in [6.45, 7) is 4.32. The van der Waals surface area contributed by atoms with Crippen LogP contribution in [0.2, 0.25) is 0 Å². The molecule has 0 bridgehead atoms. The lowest BCUT2D eigenvalue weighted by Crippen LogP contribution is -1.94. The summed E-state index contributed by atoms with van der Waals surface area (Å²) >= 11 is 0. The van der Waals surface area contributed by atoms with Crippen LogP contribution in [0.25, 0.3) is 0 Å². The molecule has 0 amide bonds. The highest BCUT2D eigenvalue weighted by Gasteiger charge is 1.99. The Morgan fingerprint density at radius 3 is 2.71 bits per heavy atom. The lowest BCUT2D eigenvalue weighted by Gasteiger charge is -2.07. The van der Waals surface area contributed by atoms with Crippen molar-refractivity contribution in [3.05, 3.63) is 29.3 Å². The van der Waals surface area contributed by atoms with Gasteiger partial charge in [0, 0.05) is 0 Å². The summed E-state index contributed by atoms with van der Waals surface area (Å²) in [5, 5.41) is 8.77. The van der Waals surface area contributed by atoms with Crippen molar-refractivity contribution in [3.8, 4) is 0 Å². The molecule has 2 heteroatoms. The first-order chi connectivity index (χ1) is 6.77. The van der Waals surface area contributed by atoms with E-state index in [1.165, 1.54) is 30.4 Å². The molecule has 2 N–H and O–H groups in total. The smallest absolute Gasteiger partial charge is 0.0605 e. The molecule has 2 nitrogen and oxygen atoms in total. The second-order valence-corrected chi connectivity index (χ2v) is 3.71. The minimum absolute atomic E-state index is 0.780. The average Bonchev–Trinajstić information content (AvgIpc) is 2.21. The van der Waals surface area contributed by atoms with Crippen LogP contribution in [0.4, 0.5) is 5.69 Å². The van der Waals surface area contributed by atoms with E-state index >= 15 is 0 Å². The third-order valence-electron chi connectivity index (χ3n) is 2.53. The zero-order valence-corrected chi connectivity index (χ0v) is 9.01. The fraction of sp³-hybridized carbons (Fsp3) is 0.500. The molecular weight excluding hydrogens is 174 g/mol. The Bertz CT molecular complexity index is 284. The fourth-order valence-electron chi connectivity index (χ4n) is 1.58. The normalized spacial score (nSPS) is 10.2. The van der Waals surface area contributed by atoms with Crippen LogP contribution in [0.3, 0.4) is 0 Å². The van der Waals surface area contributed by atoms with E-state index in [2.05, 4.69) is 19.3 Å². The van der Waals surface area contributed by atoms with Gasteiger partial charge in [-0.15, -0.1) is 0 Å². The van der Waals surface area contributed by atoms with Crippen molar-refractivity contribution in [1.29, 1.82) is 0 Å². The van der Waals surface area contributed by atoms with Crippen LogP contribution in [0.15, 0.2) is 18.2 Å². The van der Waals surface area contributed by atoms with Gasteiger partial charge in [0.25, 0.3) is 0 Å². The van der Waals surface area contributed by atoms with Crippen molar-refractivity contribution in [3.63, 3.8) is 0 Å². The van der Waals surface area contributed by atoms with E-state index in [9.17, 15) is 0 Å². The largest absolute Gasteiger partial charge is 0.291 e. The quantitative estimate of drug-likeness (QED) is 0.554. The number of hydrogen-bond donors (Lipinski definition) is 2. The second-order valence-electron chi connectivity index (χ2n) is 3.71. The van der Waals surface area contributed by atoms with Crippen molar-refractivity contribution in [1.82, 2.24) is 0 Å². The summed E-state index contributed by atoms with van der Waals surface area (Å²) in [5.74, 6) is 0. The number of nitrogens with one attached hydrogen (secondary N) is 1. The average molecular weight is 193 g/mol. The summed E-state index contributed by atoms with van der Waals surface area (Å²) in [6, 6.07) is 5.95. The Morgan fingerprint density at radius 1 is 1.29 bits per heavy atom. The molecule has 1 aromatic carbocycles. The van der Waals surface area contributed by atoms with Crippen LogP contribution in [-0.2, 0) is 6.42 Å². The highest BCUT2D eigenvalue weighted by atomic mass is 16.5. The molecule has 0 aliphatic heterocycles. The highest BCUT2D eigenvalue weighted by Crippen LogP contribution is 2.17. The van der Waals surface area contributed by atoms with Crippen molar-refractivity contribution >= 4 is 5.69 Å². The number of benzene rings is 1. The van der Waals surface area contributed by atoms with Crippen LogP contribution in [0.5, 0.6) is 0 Å². The first kappa shape index (κ1) is 11.1. The Balaban J connectivity index is 2.64. The van der Waals surface area contributed by atoms with Gasteiger partial charge in [0.15, 0.2) is 0 Å². The van der Waals surface area contributed by atoms with Gasteiger partial charge in [-0.05, 0) is 43.0 Å². The van der Waals surface area contributed by atoms with E-state index < -0.39 is 0 Å². The number of unbranched alkanes of at least 4 members (excludes halogenated alkanes) is 2. The Hall–Kier alpha value is -1.02. The summed E-state index contributed by atoms with van der Waals surface area (Å²) in [4.78, 5) is 0. The molecule has 0 fully saturated rings. The molecule has 0 spiro atoms. The van der Waals surface area contributed by atoms with Gasteiger partial charge in [-0.2, -0.15) is 0 Å². The summed E-state index contributed by atoms with van der Waals surface area (Å²) in [7, 11) is 0. The molecule has 78 valence electrons. The predicted molar refractivity (Wildman–Crippen MR) is 59.8 cm³/mol. The molecule has 0 saturated heterocycles. The van der Waals surface area contributed by atoms with Crippen LogP contribution in [0, 0.1) is 6.92 Å². The number of anilines is 1. The van der Waals surface area contributed by atoms with Gasteiger partial charge in [-0.25, -0.2) is 0 Å². The molecule has 0 atom stereocenters. The van der Waals surface area contributed by atoms with Crippen LogP contribution >= 0.6 is 0 Å². The zero-order chi connectivity index (χ0) is 10.4. The molecule has 1 aromatic rings. The van der Waals surface area contributed by atoms with E-state index in [4.69, 9.17) is 5.21 Å². The molecule has 0 saturated carbocycles. The molecule has 0 aliphatic carbocycles. The highest BCUT2D eigenvalue weighted by molar-refractivity contribution is 5.46. The van der Waals surface area contributed by atoms with E-state index in [1.54, 1.807) is 0 Å². The lowest BCUT2D eigenvalue weighted by molar-refractivity contribution is 0.389. The van der Waals surface area contributed by atoms with Crippen LogP contribution < -0.4 is 5.48 Å². The second kappa shape index (κ2) is 5.66. The van der Waals surface area contributed by atoms with Crippen molar-refractivity contribution in [2.24, 2.45) is 0 Å². The first-order valence-corrected chi connectivity index (χ1v) is 5.27. The number of hydrogen-bond acceptors (Lipinski definition) is 2. The first-order valence-electron chi connectivity index (χ1n) is 5.27. The van der Waals surface area contributed by atoms with Gasteiger partial charge in [0.1, 0.15) is 0 Å². The van der Waals surface area contributed by atoms with Gasteiger partial charge >= 0.3 is 0 Å². The van der Waals surface area contributed by atoms with Crippen molar-refractivity contribution in [2.75, 3.05) is 5.48 Å². The van der Waals surface area contributed by atoms with E-state index in [0.29, 0.717) is 0 Å². The van der Waals surface area contributed by atoms with Crippen molar-refractivity contribution < 1.29 is 5.21 Å². The Morgan fingerprint density at radius 2 is 2.07 bits per heavy atom. The monoisotopic (exact) mass is 193 g/mol. The Kier molecular flexibility index (Phi) is 4.47. The molecule has 0 aliphatic rings. The van der Waals surface area contributed by atoms with Gasteiger partial charge < -0.3 is 0 Å². The summed E-state index contributed by atoms with van der Waals surface area (Å²) in [5.41, 5.74) is 5.60. The minimum Gasteiger partial charge on any atom is -0.291 e. The Labute approximate surface area is 85.9 Å². The lowest BCUT2D eigenvalue weighted by atomic mass is 10.0. The SMILES string of the molecule is CCCCCc1cc(NO)ccc1C. The maximum Gasteiger partial charge on any atom is 0.0605 e. The van der Waals surface area contributed by atoms with Gasteiger partial charge in [-0.1, -0.05) is 25.8 Å². The summed E-state index contributed by atoms with van der Waals surface area (Å²) in [6.07, 6.45) is 4.86. The topological polar surface area (TPSA) is 32.3 Å². The molecule has 0 aromatic heterocycles. The van der Waals surface area contributed by atoms with E-state index in [1.807, 2.05) is 18.2 Å². The molecule has 0 unspecified atom stereocenters. The maximum absolute atomic E-state index is 8.77. The summed E-state index contributed by atoms with van der Waals surface area (Å²) < 4.78 is 0. The standard InChI is InChI=1S/C12H19NO/c1-3-4-5-6-11-9-12(13-14)8-7-10(11)2/h7-9,13-14H,3-6H2,1-2H3. The van der Waals surface area contributed by atoms with E-state index in [0.717, 1.165) is 12.1 Å². The minimum atomic E-state index is 0.780. The van der Waals surface area contributed by atoms with Gasteiger partial charge in [-0.3, -0.25) is 10.7 Å². The molecule has 14 heavy (non-hydrogen) atoms. The van der Waals surface area contributed by atoms with Gasteiger partial charge in [0.2, 0.25) is 0 Å². The third kappa shape index (κ3) is 3.04. The number of aryl methyl sites for hydroxylation is 2. The molecular formula is C12H19NO. The van der Waals surface area contributed by atoms with E-state index in [-0.39, 0.29) is 0 Å². The predicted octanol–water partition coefficient (Wildman–Crippen LogP) is 3.53. The van der Waals surface area contributed by atoms with Gasteiger partial charge in [0.05, 0.1) is 5.69 Å². The van der Waals surface area contributed by atoms with Crippen molar-refractivity contribution in [2.45, 2.75) is 39.5 Å². The third-order valence-corrected chi connectivity index (χ3v) is 2.53. The van der Waals surface area contributed by atoms with Crippen LogP contribution in [0.1, 0.15) is 37.3 Å².